The molecule has 154 valence electrons. The summed E-state index contributed by atoms with van der Waals surface area (Å²) in [4.78, 5) is 26.9. The number of ether oxygens (including phenoxy) is 1. The van der Waals surface area contributed by atoms with Crippen LogP contribution in [-0.4, -0.2) is 24.1 Å². The highest BCUT2D eigenvalue weighted by Gasteiger charge is 2.23. The van der Waals surface area contributed by atoms with Crippen LogP contribution in [0.5, 0.6) is 0 Å². The van der Waals surface area contributed by atoms with E-state index >= 15 is 0 Å². The van der Waals surface area contributed by atoms with Gasteiger partial charge in [-0.1, -0.05) is 24.3 Å². The van der Waals surface area contributed by atoms with Crippen LogP contribution in [0.4, 0.5) is 16.2 Å². The van der Waals surface area contributed by atoms with Crippen molar-refractivity contribution < 1.29 is 14.3 Å². The highest BCUT2D eigenvalue weighted by molar-refractivity contribution is 6.07. The minimum Gasteiger partial charge on any atom is -0.444 e. The molecule has 0 bridgehead atoms. The quantitative estimate of drug-likeness (QED) is 0.760. The van der Waals surface area contributed by atoms with Crippen LogP contribution in [-0.2, 0) is 17.7 Å². The van der Waals surface area contributed by atoms with Crippen molar-refractivity contribution in [2.45, 2.75) is 52.2 Å². The Morgan fingerprint density at radius 1 is 1.14 bits per heavy atom. The number of nitrogens with one attached hydrogen (secondary N) is 1. The van der Waals surface area contributed by atoms with Crippen LogP contribution in [0, 0.1) is 0 Å². The van der Waals surface area contributed by atoms with Crippen molar-refractivity contribution in [3.05, 3.63) is 59.2 Å². The Balaban J connectivity index is 1.73. The molecule has 0 atom stereocenters. The summed E-state index contributed by atoms with van der Waals surface area (Å²) in [5.41, 5.74) is 9.53. The summed E-state index contributed by atoms with van der Waals surface area (Å²) >= 11 is 0. The molecule has 3 N–H and O–H groups in total. The Hall–Kier alpha value is -3.02. The number of hydrogen-bond donors (Lipinski definition) is 2. The molecule has 0 saturated heterocycles. The van der Waals surface area contributed by atoms with Crippen molar-refractivity contribution in [2.75, 3.05) is 17.2 Å². The average molecular weight is 396 g/mol. The van der Waals surface area contributed by atoms with Gasteiger partial charge >= 0.3 is 6.09 Å². The van der Waals surface area contributed by atoms with Crippen molar-refractivity contribution in [3.8, 4) is 0 Å². The molecule has 2 amide bonds. The molecule has 0 spiro atoms. The Labute approximate surface area is 172 Å². The predicted molar refractivity (Wildman–Crippen MR) is 115 cm³/mol. The number of para-hydroxylation sites is 1. The Morgan fingerprint density at radius 3 is 2.62 bits per heavy atom. The topological polar surface area (TPSA) is 84.7 Å². The van der Waals surface area contributed by atoms with Crippen LogP contribution < -0.4 is 16.0 Å². The number of benzene rings is 2. The summed E-state index contributed by atoms with van der Waals surface area (Å²) in [5.74, 6) is -0.0577. The molecule has 0 aliphatic carbocycles. The van der Waals surface area contributed by atoms with Gasteiger partial charge in [0, 0.05) is 30.0 Å². The van der Waals surface area contributed by atoms with Gasteiger partial charge in [-0.05, 0) is 69.4 Å². The van der Waals surface area contributed by atoms with Gasteiger partial charge in [0.2, 0.25) is 0 Å². The van der Waals surface area contributed by atoms with E-state index in [1.54, 1.807) is 18.2 Å². The molecule has 0 saturated carbocycles. The predicted octanol–water partition coefficient (Wildman–Crippen LogP) is 4.28. The van der Waals surface area contributed by atoms with Gasteiger partial charge < -0.3 is 20.7 Å². The monoisotopic (exact) mass is 395 g/mol. The molecule has 0 radical (unpaired) electrons. The molecule has 1 aliphatic rings. The standard InChI is InChI=1S/C23H29N3O3/c1-23(2,3)29-22(28)25-15-18-12-11-17(14-19(18)24)21(27)26-13-7-6-9-16-8-4-5-10-20(16)26/h4-5,8,10-12,14H,6-7,9,13,15,24H2,1-3H3,(H,25,28). The first-order valence-electron chi connectivity index (χ1n) is 9.99. The number of amides is 2. The molecule has 6 heteroatoms. The van der Waals surface area contributed by atoms with Gasteiger partial charge in [-0.25, -0.2) is 4.79 Å². The van der Waals surface area contributed by atoms with Gasteiger partial charge in [-0.15, -0.1) is 0 Å². The molecule has 0 fully saturated rings. The van der Waals surface area contributed by atoms with Gasteiger partial charge in [-0.3, -0.25) is 4.79 Å². The Bertz CT molecular complexity index is 902. The van der Waals surface area contributed by atoms with E-state index in [2.05, 4.69) is 11.4 Å². The lowest BCUT2D eigenvalue weighted by atomic mass is 10.1. The summed E-state index contributed by atoms with van der Waals surface area (Å²) in [6.45, 7) is 6.35. The SMILES string of the molecule is CC(C)(C)OC(=O)NCc1ccc(C(=O)N2CCCCc3ccccc32)cc1N. The number of aryl methyl sites for hydroxylation is 1. The smallest absolute Gasteiger partial charge is 0.407 e. The van der Waals surface area contributed by atoms with Crippen LogP contribution in [0.1, 0.15) is 55.1 Å². The second-order valence-electron chi connectivity index (χ2n) is 8.31. The number of nitrogens with two attached hydrogens (primary N) is 1. The molecule has 1 aliphatic heterocycles. The number of fused-ring (bicyclic) bond motifs is 1. The highest BCUT2D eigenvalue weighted by Crippen LogP contribution is 2.28. The summed E-state index contributed by atoms with van der Waals surface area (Å²) in [7, 11) is 0. The van der Waals surface area contributed by atoms with Crippen molar-refractivity contribution >= 4 is 23.4 Å². The highest BCUT2D eigenvalue weighted by atomic mass is 16.6. The minimum absolute atomic E-state index is 0.0577. The zero-order valence-electron chi connectivity index (χ0n) is 17.3. The molecular weight excluding hydrogens is 366 g/mol. The summed E-state index contributed by atoms with van der Waals surface area (Å²) in [6.07, 6.45) is 2.52. The maximum Gasteiger partial charge on any atom is 0.407 e. The molecule has 2 aromatic carbocycles. The minimum atomic E-state index is -0.560. The van der Waals surface area contributed by atoms with Crippen LogP contribution in [0.3, 0.4) is 0 Å². The van der Waals surface area contributed by atoms with Gasteiger partial charge in [0.05, 0.1) is 0 Å². The number of carbonyl (C=O) groups is 2. The van der Waals surface area contributed by atoms with E-state index in [0.717, 1.165) is 30.5 Å². The van der Waals surface area contributed by atoms with Gasteiger partial charge in [0.15, 0.2) is 0 Å². The Morgan fingerprint density at radius 2 is 1.90 bits per heavy atom. The van der Waals surface area contributed by atoms with E-state index in [9.17, 15) is 9.59 Å². The van der Waals surface area contributed by atoms with E-state index in [-0.39, 0.29) is 12.5 Å². The first-order valence-corrected chi connectivity index (χ1v) is 9.99. The van der Waals surface area contributed by atoms with Crippen LogP contribution in [0.2, 0.25) is 0 Å². The molecule has 0 unspecified atom stereocenters. The molecule has 3 rings (SSSR count). The fourth-order valence-electron chi connectivity index (χ4n) is 3.43. The summed E-state index contributed by atoms with van der Waals surface area (Å²) < 4.78 is 5.23. The first-order chi connectivity index (χ1) is 13.7. The number of hydrogen-bond acceptors (Lipinski definition) is 4. The number of nitrogens with zero attached hydrogens (tertiary/aromatic N) is 1. The second kappa shape index (κ2) is 8.55. The third kappa shape index (κ3) is 5.28. The Kier molecular flexibility index (Phi) is 6.11. The van der Waals surface area contributed by atoms with E-state index in [1.165, 1.54) is 5.56 Å². The van der Waals surface area contributed by atoms with Crippen LogP contribution in [0.25, 0.3) is 0 Å². The zero-order valence-corrected chi connectivity index (χ0v) is 17.3. The average Bonchev–Trinajstić information content (AvgIpc) is 2.87. The lowest BCUT2D eigenvalue weighted by Crippen LogP contribution is -2.32. The number of carbonyl (C=O) groups excluding carboxylic acids is 2. The van der Waals surface area contributed by atoms with Crippen LogP contribution >= 0.6 is 0 Å². The molecule has 6 nitrogen and oxygen atoms in total. The fraction of sp³-hybridized carbons (Fsp3) is 0.391. The van der Waals surface area contributed by atoms with Crippen molar-refractivity contribution in [3.63, 3.8) is 0 Å². The molecule has 1 heterocycles. The lowest BCUT2D eigenvalue weighted by molar-refractivity contribution is 0.0523. The van der Waals surface area contributed by atoms with Crippen molar-refractivity contribution in [1.29, 1.82) is 0 Å². The van der Waals surface area contributed by atoms with Crippen molar-refractivity contribution in [1.82, 2.24) is 5.32 Å². The zero-order chi connectivity index (χ0) is 21.0. The van der Waals surface area contributed by atoms with E-state index in [0.29, 0.717) is 17.8 Å². The van der Waals surface area contributed by atoms with E-state index in [4.69, 9.17) is 10.5 Å². The molecule has 0 aromatic heterocycles. The second-order valence-corrected chi connectivity index (χ2v) is 8.31. The lowest BCUT2D eigenvalue weighted by Gasteiger charge is -2.23. The maximum atomic E-state index is 13.2. The third-order valence-corrected chi connectivity index (χ3v) is 4.82. The fourth-order valence-corrected chi connectivity index (χ4v) is 3.43. The molecule has 2 aromatic rings. The van der Waals surface area contributed by atoms with E-state index < -0.39 is 11.7 Å². The number of alkyl carbamates (subject to hydrolysis) is 1. The molecular formula is C23H29N3O3. The van der Waals surface area contributed by atoms with E-state index in [1.807, 2.05) is 43.9 Å². The molecule has 29 heavy (non-hydrogen) atoms. The third-order valence-electron chi connectivity index (χ3n) is 4.82. The summed E-state index contributed by atoms with van der Waals surface area (Å²) in [6, 6.07) is 13.3. The normalized spacial score (nSPS) is 14.0. The van der Waals surface area contributed by atoms with Gasteiger partial charge in [0.25, 0.3) is 5.91 Å². The van der Waals surface area contributed by atoms with Gasteiger partial charge in [0.1, 0.15) is 5.60 Å². The summed E-state index contributed by atoms with van der Waals surface area (Å²) in [5, 5.41) is 2.69. The maximum absolute atomic E-state index is 13.2. The number of rotatable bonds is 3. The largest absolute Gasteiger partial charge is 0.444 e. The van der Waals surface area contributed by atoms with Crippen LogP contribution in [0.15, 0.2) is 42.5 Å². The van der Waals surface area contributed by atoms with Gasteiger partial charge in [-0.2, -0.15) is 0 Å². The first kappa shape index (κ1) is 20.7. The number of nitrogen functional groups attached to an aromatic ring is 1. The number of anilines is 2. The van der Waals surface area contributed by atoms with Crippen molar-refractivity contribution in [2.24, 2.45) is 0 Å².